The predicted octanol–water partition coefficient (Wildman–Crippen LogP) is 1.77. The number of carboxylic acid groups (broad SMARTS) is 1. The Balaban J connectivity index is -0.0000000910. The van der Waals surface area contributed by atoms with E-state index in [0.717, 1.165) is 20.1 Å². The van der Waals surface area contributed by atoms with E-state index >= 15 is 0 Å². The Hall–Kier alpha value is -0.570. The number of ether oxygens (including phenoxy) is 1. The number of rotatable bonds is 2. The Labute approximate surface area is 63.0 Å². The van der Waals surface area contributed by atoms with Gasteiger partial charge in [-0.25, -0.2) is 0 Å². The van der Waals surface area contributed by atoms with Crippen LogP contribution in [-0.2, 0) is 9.53 Å². The van der Waals surface area contributed by atoms with Crippen molar-refractivity contribution in [3.05, 3.63) is 0 Å². The highest BCUT2D eigenvalue weighted by molar-refractivity contribution is 5.62. The molecule has 0 aromatic heterocycles. The van der Waals surface area contributed by atoms with Crippen LogP contribution in [0.3, 0.4) is 0 Å². The Morgan fingerprint density at radius 3 is 1.60 bits per heavy atom. The Morgan fingerprint density at radius 1 is 1.40 bits per heavy atom. The molecule has 0 amide bonds. The van der Waals surface area contributed by atoms with Crippen LogP contribution in [-0.4, -0.2) is 24.3 Å². The molecule has 0 unspecified atom stereocenters. The minimum Gasteiger partial charge on any atom is -0.481 e. The molecule has 0 bridgehead atoms. The van der Waals surface area contributed by atoms with Gasteiger partial charge < -0.3 is 9.84 Å². The lowest BCUT2D eigenvalue weighted by Crippen LogP contribution is -1.84. The highest BCUT2D eigenvalue weighted by Crippen LogP contribution is 1.64. The number of hydrogen-bond donors (Lipinski definition) is 1. The number of aliphatic carboxylic acids is 1. The van der Waals surface area contributed by atoms with Crippen LogP contribution in [0, 0.1) is 0 Å². The molecule has 3 heteroatoms. The molecule has 64 valence electrons. The summed E-state index contributed by atoms with van der Waals surface area (Å²) < 4.78 is 4.83. The van der Waals surface area contributed by atoms with Gasteiger partial charge in [0.25, 0.3) is 5.97 Å². The molecular weight excluding hydrogens is 132 g/mol. The van der Waals surface area contributed by atoms with Gasteiger partial charge in [0.1, 0.15) is 0 Å². The fourth-order valence-electron chi connectivity index (χ4n) is 0.204. The van der Waals surface area contributed by atoms with Crippen molar-refractivity contribution in [2.45, 2.75) is 28.2 Å². The zero-order valence-corrected chi connectivity index (χ0v) is 6.18. The third kappa shape index (κ3) is 150. The second-order valence-corrected chi connectivity index (χ2v) is 1.30. The van der Waals surface area contributed by atoms with Gasteiger partial charge in [-0.15, -0.1) is 0 Å². The molecule has 0 saturated heterocycles. The summed E-state index contributed by atoms with van der Waals surface area (Å²) in [7, 11) is 0. The van der Waals surface area contributed by atoms with E-state index in [1.54, 1.807) is 0 Å². The van der Waals surface area contributed by atoms with Crippen molar-refractivity contribution in [3.63, 3.8) is 0 Å². The summed E-state index contributed by atoms with van der Waals surface area (Å²) in [6, 6.07) is 0. The fraction of sp³-hybridized carbons (Fsp3) is 0.857. The van der Waals surface area contributed by atoms with Gasteiger partial charge in [-0.3, -0.25) is 4.79 Å². The van der Waals surface area contributed by atoms with Crippen molar-refractivity contribution >= 4 is 5.97 Å². The molecule has 0 aromatic rings. The standard InChI is InChI=1S/C4H10O.C2H4O2.CH4/c1-3-5-4-2;1-2(3)4;/h3-4H2,1-2H3;1H3,(H,3,4);1H4. The summed E-state index contributed by atoms with van der Waals surface area (Å²) in [6.45, 7) is 6.75. The maximum atomic E-state index is 9.00. The van der Waals surface area contributed by atoms with Crippen LogP contribution < -0.4 is 0 Å². The van der Waals surface area contributed by atoms with Crippen LogP contribution in [0.15, 0.2) is 0 Å². The zero-order chi connectivity index (χ0) is 7.70. The predicted molar refractivity (Wildman–Crippen MR) is 42.2 cm³/mol. The van der Waals surface area contributed by atoms with E-state index in [4.69, 9.17) is 14.6 Å². The van der Waals surface area contributed by atoms with Gasteiger partial charge in [0, 0.05) is 20.1 Å². The van der Waals surface area contributed by atoms with Crippen LogP contribution in [0.1, 0.15) is 28.2 Å². The fourth-order valence-corrected chi connectivity index (χ4v) is 0.204. The highest BCUT2D eigenvalue weighted by atomic mass is 16.5. The largest absolute Gasteiger partial charge is 0.481 e. The van der Waals surface area contributed by atoms with Gasteiger partial charge in [-0.05, 0) is 13.8 Å². The van der Waals surface area contributed by atoms with E-state index in [1.165, 1.54) is 0 Å². The van der Waals surface area contributed by atoms with Crippen molar-refractivity contribution < 1.29 is 14.6 Å². The summed E-state index contributed by atoms with van der Waals surface area (Å²) in [5.74, 6) is -0.833. The average molecular weight is 150 g/mol. The lowest BCUT2D eigenvalue weighted by molar-refractivity contribution is -0.134. The molecule has 0 fully saturated rings. The Kier molecular flexibility index (Phi) is 25.6. The first-order valence-corrected chi connectivity index (χ1v) is 2.92. The zero-order valence-electron chi connectivity index (χ0n) is 6.18. The first-order valence-electron chi connectivity index (χ1n) is 2.92. The molecule has 3 nitrogen and oxygen atoms in total. The minimum absolute atomic E-state index is 0. The number of hydrogen-bond acceptors (Lipinski definition) is 2. The third-order valence-electron chi connectivity index (χ3n) is 0.408. The molecule has 0 aliphatic carbocycles. The first-order chi connectivity index (χ1) is 4.15. The third-order valence-corrected chi connectivity index (χ3v) is 0.408. The lowest BCUT2D eigenvalue weighted by Gasteiger charge is -1.86. The Morgan fingerprint density at radius 2 is 1.60 bits per heavy atom. The SMILES string of the molecule is C.CC(=O)O.CCOCC. The molecular formula is C7H18O3. The summed E-state index contributed by atoms with van der Waals surface area (Å²) in [5, 5.41) is 7.42. The van der Waals surface area contributed by atoms with Crippen molar-refractivity contribution in [2.75, 3.05) is 13.2 Å². The van der Waals surface area contributed by atoms with E-state index in [9.17, 15) is 0 Å². The topological polar surface area (TPSA) is 46.5 Å². The highest BCUT2D eigenvalue weighted by Gasteiger charge is 1.65. The van der Waals surface area contributed by atoms with Crippen LogP contribution in [0.4, 0.5) is 0 Å². The van der Waals surface area contributed by atoms with E-state index in [0.29, 0.717) is 0 Å². The molecule has 0 saturated carbocycles. The van der Waals surface area contributed by atoms with Gasteiger partial charge in [0.15, 0.2) is 0 Å². The van der Waals surface area contributed by atoms with E-state index in [-0.39, 0.29) is 7.43 Å². The van der Waals surface area contributed by atoms with E-state index in [1.807, 2.05) is 13.8 Å². The minimum atomic E-state index is -0.833. The summed E-state index contributed by atoms with van der Waals surface area (Å²) in [4.78, 5) is 9.00. The number of carbonyl (C=O) groups is 1. The second-order valence-electron chi connectivity index (χ2n) is 1.30. The van der Waals surface area contributed by atoms with Crippen molar-refractivity contribution in [1.29, 1.82) is 0 Å². The molecule has 0 spiro atoms. The van der Waals surface area contributed by atoms with Gasteiger partial charge >= 0.3 is 0 Å². The molecule has 10 heavy (non-hydrogen) atoms. The van der Waals surface area contributed by atoms with Crippen LogP contribution >= 0.6 is 0 Å². The van der Waals surface area contributed by atoms with Crippen molar-refractivity contribution in [3.8, 4) is 0 Å². The summed E-state index contributed by atoms with van der Waals surface area (Å²) in [5.41, 5.74) is 0. The molecule has 0 aliphatic rings. The van der Waals surface area contributed by atoms with Crippen LogP contribution in [0.5, 0.6) is 0 Å². The maximum Gasteiger partial charge on any atom is 0.300 e. The monoisotopic (exact) mass is 150 g/mol. The molecule has 1 N–H and O–H groups in total. The number of carboxylic acids is 1. The maximum absolute atomic E-state index is 9.00. The van der Waals surface area contributed by atoms with Crippen molar-refractivity contribution in [1.82, 2.24) is 0 Å². The molecule has 0 aliphatic heterocycles. The Bertz CT molecular complexity index is 55.9. The van der Waals surface area contributed by atoms with Gasteiger partial charge in [0.05, 0.1) is 0 Å². The van der Waals surface area contributed by atoms with Crippen LogP contribution in [0.25, 0.3) is 0 Å². The van der Waals surface area contributed by atoms with Gasteiger partial charge in [-0.2, -0.15) is 0 Å². The van der Waals surface area contributed by atoms with E-state index < -0.39 is 5.97 Å². The van der Waals surface area contributed by atoms with Gasteiger partial charge in [-0.1, -0.05) is 7.43 Å². The smallest absolute Gasteiger partial charge is 0.300 e. The normalized spacial score (nSPS) is 6.70. The molecule has 0 rings (SSSR count). The summed E-state index contributed by atoms with van der Waals surface area (Å²) >= 11 is 0. The van der Waals surface area contributed by atoms with Crippen molar-refractivity contribution in [2.24, 2.45) is 0 Å². The average Bonchev–Trinajstić information content (AvgIpc) is 1.66. The molecule has 0 heterocycles. The second kappa shape index (κ2) is 15.8. The first kappa shape index (κ1) is 16.2. The van der Waals surface area contributed by atoms with Gasteiger partial charge in [0.2, 0.25) is 0 Å². The molecule has 0 radical (unpaired) electrons. The summed E-state index contributed by atoms with van der Waals surface area (Å²) in [6.07, 6.45) is 0. The van der Waals surface area contributed by atoms with E-state index in [2.05, 4.69) is 0 Å². The molecule has 0 aromatic carbocycles. The lowest BCUT2D eigenvalue weighted by atomic mass is 10.8. The quantitative estimate of drug-likeness (QED) is 0.652. The van der Waals surface area contributed by atoms with Crippen LogP contribution in [0.2, 0.25) is 0 Å². The molecule has 0 atom stereocenters.